The minimum absolute atomic E-state index is 0.328. The number of allylic oxidation sites excluding steroid dienone is 1. The van der Waals surface area contributed by atoms with Gasteiger partial charge in [0.15, 0.2) is 0 Å². The topological polar surface area (TPSA) is 24.5 Å². The normalized spacial score (nSPS) is 27.7. The fourth-order valence-corrected chi connectivity index (χ4v) is 3.38. The van der Waals surface area contributed by atoms with Crippen molar-refractivity contribution in [2.24, 2.45) is 0 Å². The van der Waals surface area contributed by atoms with Gasteiger partial charge in [-0.05, 0) is 45.7 Å². The van der Waals surface area contributed by atoms with Crippen LogP contribution < -0.4 is 5.32 Å². The van der Waals surface area contributed by atoms with Gasteiger partial charge in [0.25, 0.3) is 0 Å². The molecule has 2 unspecified atom stereocenters. The van der Waals surface area contributed by atoms with E-state index in [-0.39, 0.29) is 0 Å². The molecule has 0 spiro atoms. The molecule has 0 aromatic heterocycles. The molecule has 0 saturated carbocycles. The summed E-state index contributed by atoms with van der Waals surface area (Å²) in [6, 6.07) is 0.415. The van der Waals surface area contributed by atoms with Gasteiger partial charge >= 0.3 is 0 Å². The highest BCUT2D eigenvalue weighted by atomic mass is 16.5. The van der Waals surface area contributed by atoms with Gasteiger partial charge in [0.1, 0.15) is 0 Å². The van der Waals surface area contributed by atoms with Crippen LogP contribution in [0.5, 0.6) is 0 Å². The second-order valence-electron chi connectivity index (χ2n) is 5.85. The molecular weight excluding hydrogens is 236 g/mol. The first-order chi connectivity index (χ1) is 9.35. The Bertz CT molecular complexity index is 288. The van der Waals surface area contributed by atoms with E-state index in [0.29, 0.717) is 12.1 Å². The average molecular weight is 266 g/mol. The van der Waals surface area contributed by atoms with E-state index in [4.69, 9.17) is 4.74 Å². The van der Waals surface area contributed by atoms with Gasteiger partial charge in [0.2, 0.25) is 0 Å². The van der Waals surface area contributed by atoms with Crippen molar-refractivity contribution in [1.82, 2.24) is 10.2 Å². The van der Waals surface area contributed by atoms with Crippen LogP contribution in [0.1, 0.15) is 45.4 Å². The van der Waals surface area contributed by atoms with Crippen molar-refractivity contribution in [2.75, 3.05) is 33.3 Å². The maximum Gasteiger partial charge on any atom is 0.0893 e. The first-order valence-electron chi connectivity index (χ1n) is 8.05. The Hall–Kier alpha value is -0.380. The maximum absolute atomic E-state index is 6.06. The molecule has 0 aromatic carbocycles. The molecule has 110 valence electrons. The Labute approximate surface area is 118 Å². The Morgan fingerprint density at radius 2 is 2.32 bits per heavy atom. The smallest absolute Gasteiger partial charge is 0.0893 e. The van der Waals surface area contributed by atoms with Crippen molar-refractivity contribution in [2.45, 2.75) is 57.6 Å². The molecule has 1 aliphatic carbocycles. The zero-order chi connectivity index (χ0) is 13.5. The zero-order valence-electron chi connectivity index (χ0n) is 12.7. The molecule has 1 fully saturated rings. The molecular formula is C16H30N2O. The number of rotatable bonds is 5. The van der Waals surface area contributed by atoms with Crippen molar-refractivity contribution in [3.8, 4) is 0 Å². The fourth-order valence-electron chi connectivity index (χ4n) is 3.38. The molecule has 2 atom stereocenters. The van der Waals surface area contributed by atoms with Crippen LogP contribution in [0.3, 0.4) is 0 Å². The van der Waals surface area contributed by atoms with Crippen LogP contribution in [0, 0.1) is 0 Å². The van der Waals surface area contributed by atoms with Crippen LogP contribution in [0.15, 0.2) is 11.6 Å². The van der Waals surface area contributed by atoms with Gasteiger partial charge in [-0.25, -0.2) is 0 Å². The van der Waals surface area contributed by atoms with E-state index in [9.17, 15) is 0 Å². The molecule has 0 bridgehead atoms. The number of hydrogen-bond donors (Lipinski definition) is 1. The van der Waals surface area contributed by atoms with Crippen molar-refractivity contribution in [3.05, 3.63) is 11.6 Å². The molecule has 0 aromatic rings. The van der Waals surface area contributed by atoms with E-state index < -0.39 is 0 Å². The van der Waals surface area contributed by atoms with Gasteiger partial charge < -0.3 is 10.1 Å². The predicted octanol–water partition coefficient (Wildman–Crippen LogP) is 2.58. The van der Waals surface area contributed by atoms with Gasteiger partial charge in [-0.2, -0.15) is 0 Å². The lowest BCUT2D eigenvalue weighted by molar-refractivity contribution is -0.0398. The number of nitrogens with one attached hydrogen (secondary N) is 1. The Morgan fingerprint density at radius 1 is 1.42 bits per heavy atom. The lowest BCUT2D eigenvalue weighted by Crippen LogP contribution is -2.52. The number of likely N-dealkylation sites (N-methyl/N-ethyl adjacent to an activating group) is 1. The van der Waals surface area contributed by atoms with E-state index >= 15 is 0 Å². The van der Waals surface area contributed by atoms with Crippen LogP contribution in [-0.4, -0.2) is 50.3 Å². The number of morpholine rings is 1. The van der Waals surface area contributed by atoms with Crippen LogP contribution in [0.4, 0.5) is 0 Å². The molecule has 19 heavy (non-hydrogen) atoms. The number of hydrogen-bond acceptors (Lipinski definition) is 3. The monoisotopic (exact) mass is 266 g/mol. The van der Waals surface area contributed by atoms with E-state index in [1.54, 1.807) is 5.57 Å². The summed E-state index contributed by atoms with van der Waals surface area (Å²) >= 11 is 0. The predicted molar refractivity (Wildman–Crippen MR) is 80.5 cm³/mol. The molecule has 3 heteroatoms. The lowest BCUT2D eigenvalue weighted by Gasteiger charge is -2.37. The number of ether oxygens (including phenoxy) is 1. The minimum atomic E-state index is 0.328. The summed E-state index contributed by atoms with van der Waals surface area (Å²) in [6.45, 7) is 6.52. The molecule has 1 heterocycles. The quantitative estimate of drug-likeness (QED) is 0.774. The third-order valence-corrected chi connectivity index (χ3v) is 4.38. The summed E-state index contributed by atoms with van der Waals surface area (Å²) in [6.07, 6.45) is 10.6. The van der Waals surface area contributed by atoms with Crippen molar-refractivity contribution < 1.29 is 4.74 Å². The molecule has 2 rings (SSSR count). The largest absolute Gasteiger partial charge is 0.374 e. The molecule has 0 amide bonds. The lowest BCUT2D eigenvalue weighted by atomic mass is 9.96. The second kappa shape index (κ2) is 8.03. The van der Waals surface area contributed by atoms with E-state index in [2.05, 4.69) is 30.3 Å². The summed E-state index contributed by atoms with van der Waals surface area (Å²) in [7, 11) is 2.08. The van der Waals surface area contributed by atoms with Crippen LogP contribution in [-0.2, 0) is 4.74 Å². The van der Waals surface area contributed by atoms with E-state index in [0.717, 1.165) is 19.7 Å². The van der Waals surface area contributed by atoms with Crippen LogP contribution in [0.25, 0.3) is 0 Å². The molecule has 1 aliphatic heterocycles. The average Bonchev–Trinajstić information content (AvgIpc) is 2.70. The van der Waals surface area contributed by atoms with Gasteiger partial charge in [-0.3, -0.25) is 4.90 Å². The summed E-state index contributed by atoms with van der Waals surface area (Å²) in [5.41, 5.74) is 1.59. The van der Waals surface area contributed by atoms with Crippen molar-refractivity contribution >= 4 is 0 Å². The molecule has 1 N–H and O–H groups in total. The van der Waals surface area contributed by atoms with E-state index in [1.165, 1.54) is 45.1 Å². The van der Waals surface area contributed by atoms with Gasteiger partial charge in [-0.15, -0.1) is 0 Å². The fraction of sp³-hybridized carbons (Fsp3) is 0.875. The van der Waals surface area contributed by atoms with E-state index in [1.807, 2.05) is 0 Å². The molecule has 1 saturated heterocycles. The standard InChI is InChI=1S/C16H30N2O/c1-3-10-18-11-12-19-15(13-18)16(17-2)14-8-6-4-5-7-9-14/h8,15-17H,3-7,9-13H2,1-2H3. The van der Waals surface area contributed by atoms with Gasteiger partial charge in [-0.1, -0.05) is 25.0 Å². The summed E-state index contributed by atoms with van der Waals surface area (Å²) in [5.74, 6) is 0. The molecule has 3 nitrogen and oxygen atoms in total. The molecule has 0 radical (unpaired) electrons. The minimum Gasteiger partial charge on any atom is -0.374 e. The third kappa shape index (κ3) is 4.30. The summed E-state index contributed by atoms with van der Waals surface area (Å²) < 4.78 is 6.06. The Balaban J connectivity index is 1.97. The number of nitrogens with zero attached hydrogens (tertiary/aromatic N) is 1. The first-order valence-corrected chi connectivity index (χ1v) is 8.05. The Kier molecular flexibility index (Phi) is 6.35. The highest BCUT2D eigenvalue weighted by molar-refractivity contribution is 5.15. The van der Waals surface area contributed by atoms with Gasteiger partial charge in [0, 0.05) is 13.1 Å². The SMILES string of the molecule is CCCN1CCOC(C(NC)C2=CCCCCC2)C1. The highest BCUT2D eigenvalue weighted by Crippen LogP contribution is 2.24. The second-order valence-corrected chi connectivity index (χ2v) is 5.85. The van der Waals surface area contributed by atoms with Gasteiger partial charge in [0.05, 0.1) is 18.8 Å². The van der Waals surface area contributed by atoms with Crippen LogP contribution >= 0.6 is 0 Å². The summed E-state index contributed by atoms with van der Waals surface area (Å²) in [4.78, 5) is 2.55. The third-order valence-electron chi connectivity index (χ3n) is 4.38. The summed E-state index contributed by atoms with van der Waals surface area (Å²) in [5, 5.41) is 3.51. The zero-order valence-corrected chi connectivity index (χ0v) is 12.7. The van der Waals surface area contributed by atoms with Crippen LogP contribution in [0.2, 0.25) is 0 Å². The first kappa shape index (κ1) is 15.0. The van der Waals surface area contributed by atoms with Crippen molar-refractivity contribution in [3.63, 3.8) is 0 Å². The Morgan fingerprint density at radius 3 is 3.11 bits per heavy atom. The maximum atomic E-state index is 6.06. The highest BCUT2D eigenvalue weighted by Gasteiger charge is 2.29. The molecule has 2 aliphatic rings. The van der Waals surface area contributed by atoms with Crippen molar-refractivity contribution in [1.29, 1.82) is 0 Å².